The van der Waals surface area contributed by atoms with Gasteiger partial charge in [0.25, 0.3) is 6.47 Å². The molecule has 0 bridgehead atoms. The Hall–Kier alpha value is -4.46. The highest BCUT2D eigenvalue weighted by atomic mass is 19.1. The van der Waals surface area contributed by atoms with Crippen LogP contribution in [0.15, 0.2) is 60.9 Å². The molecule has 1 saturated heterocycles. The van der Waals surface area contributed by atoms with Crippen molar-refractivity contribution in [3.63, 3.8) is 0 Å². The number of hydrogen-bond donors (Lipinski definition) is 3. The SMILES string of the molecule is CC.CC(C)(C)[C@@H](C=O)Nc1ccc(-n2cccn2)cc1.CCC1C[C@]1(NC(=O)C1C[C@@H](OC=O)CN1C)C(=O)C1CC1.CN.CN1Cc2cccc(F)c2C1. The number of aldehydes is 1. The number of ketones is 1. The third-order valence-electron chi connectivity index (χ3n) is 10.5. The van der Waals surface area contributed by atoms with E-state index < -0.39 is 5.54 Å². The molecule has 12 nitrogen and oxygen atoms in total. The van der Waals surface area contributed by atoms with E-state index in [1.54, 1.807) is 16.9 Å². The van der Waals surface area contributed by atoms with E-state index in [4.69, 9.17) is 4.74 Å². The lowest BCUT2D eigenvalue weighted by Crippen LogP contribution is -2.51. The summed E-state index contributed by atoms with van der Waals surface area (Å²) in [6.45, 7) is 14.8. The molecule has 4 N–H and O–H groups in total. The molecule has 0 radical (unpaired) electrons. The second-order valence-corrected chi connectivity index (χ2v) is 15.6. The van der Waals surface area contributed by atoms with Crippen molar-refractivity contribution in [2.45, 2.75) is 110 Å². The zero-order valence-corrected chi connectivity index (χ0v) is 34.8. The molecule has 3 fully saturated rings. The summed E-state index contributed by atoms with van der Waals surface area (Å²) in [7, 11) is 5.34. The van der Waals surface area contributed by atoms with Gasteiger partial charge in [-0.2, -0.15) is 5.10 Å². The highest BCUT2D eigenvalue weighted by Gasteiger charge is 2.62. The number of ether oxygens (including phenoxy) is 1. The van der Waals surface area contributed by atoms with Gasteiger partial charge in [0.2, 0.25) is 5.91 Å². The molecule has 4 aliphatic rings. The summed E-state index contributed by atoms with van der Waals surface area (Å²) < 4.78 is 19.8. The Labute approximate surface area is 332 Å². The molecule has 7 rings (SSSR count). The molecular formula is C43H64FN7O5. The predicted octanol–water partition coefficient (Wildman–Crippen LogP) is 5.77. The van der Waals surface area contributed by atoms with Crippen molar-refractivity contribution >= 4 is 30.1 Å². The molecule has 3 heterocycles. The molecule has 2 aliphatic heterocycles. The number of nitrogens with one attached hydrogen (secondary N) is 2. The van der Waals surface area contributed by atoms with Gasteiger partial charge in [-0.15, -0.1) is 0 Å². The van der Waals surface area contributed by atoms with Gasteiger partial charge in [0, 0.05) is 55.6 Å². The topological polar surface area (TPSA) is 152 Å². The quantitative estimate of drug-likeness (QED) is 0.205. The van der Waals surface area contributed by atoms with Crippen molar-refractivity contribution in [1.29, 1.82) is 0 Å². The zero-order valence-electron chi connectivity index (χ0n) is 34.8. The average Bonchev–Trinajstić information content (AvgIpc) is 3.99. The molecule has 2 unspecified atom stereocenters. The molecule has 0 spiro atoms. The fourth-order valence-corrected chi connectivity index (χ4v) is 7.10. The summed E-state index contributed by atoms with van der Waals surface area (Å²) in [6.07, 6.45) is 8.46. The van der Waals surface area contributed by atoms with Crippen LogP contribution in [0.2, 0.25) is 0 Å². The average molecular weight is 778 g/mol. The number of hydrogen-bond acceptors (Lipinski definition) is 10. The van der Waals surface area contributed by atoms with Crippen LogP contribution in [0.25, 0.3) is 5.69 Å². The number of fused-ring (bicyclic) bond motifs is 1. The highest BCUT2D eigenvalue weighted by molar-refractivity contribution is 5.99. The number of carbonyl (C=O) groups excluding carboxylic acids is 4. The van der Waals surface area contributed by atoms with Crippen molar-refractivity contribution in [1.82, 2.24) is 24.9 Å². The second-order valence-electron chi connectivity index (χ2n) is 15.6. The standard InChI is InChI=1S/C16H24N2O4.C15H19N3O.C9H10FN.C2H6.CH5N/c1-3-11-7-16(11,14(20)10-4-5-10)17-15(21)13-6-12(22-9-19)8-18(13)2;1-15(2,3)14(11-19)17-12-5-7-13(8-6-12)18-10-4-9-16-18;1-11-5-7-3-2-4-9(10)8(7)6-11;2*1-2/h9-13H,3-8H2,1-2H3,(H,17,21);4-11,14,17H,1-3H3;2-4H,5-6H2,1H3;1-2H3;2H2,1H3/t11?,12-,13?,16-;14-;;;/m11.../s1. The fourth-order valence-electron chi connectivity index (χ4n) is 7.10. The largest absolute Gasteiger partial charge is 0.463 e. The third kappa shape index (κ3) is 12.0. The van der Waals surface area contributed by atoms with E-state index in [-0.39, 0.29) is 52.9 Å². The lowest BCUT2D eigenvalue weighted by atomic mass is 9.87. The van der Waals surface area contributed by atoms with Crippen LogP contribution in [0, 0.1) is 23.1 Å². The number of Topliss-reactive ketones (excluding diaryl/α,β-unsaturated/α-hetero) is 1. The molecule has 5 atom stereocenters. The number of carbonyl (C=O) groups is 4. The molecule has 308 valence electrons. The van der Waals surface area contributed by atoms with Crippen LogP contribution in [0.5, 0.6) is 0 Å². The summed E-state index contributed by atoms with van der Waals surface area (Å²) in [4.78, 5) is 50.8. The number of likely N-dealkylation sites (tertiary alicyclic amines) is 1. The maximum absolute atomic E-state index is 13.0. The maximum atomic E-state index is 13.0. The first-order chi connectivity index (χ1) is 26.8. The van der Waals surface area contributed by atoms with E-state index in [1.165, 1.54) is 13.1 Å². The van der Waals surface area contributed by atoms with Crippen molar-refractivity contribution in [2.75, 3.05) is 33.0 Å². The number of nitrogens with two attached hydrogens (primary N) is 1. The van der Waals surface area contributed by atoms with Crippen molar-refractivity contribution < 1.29 is 28.3 Å². The lowest BCUT2D eigenvalue weighted by molar-refractivity contribution is -0.133. The van der Waals surface area contributed by atoms with E-state index in [1.807, 2.05) is 96.2 Å². The smallest absolute Gasteiger partial charge is 0.293 e. The number of amides is 1. The Morgan fingerprint density at radius 2 is 1.73 bits per heavy atom. The third-order valence-corrected chi connectivity index (χ3v) is 10.5. The molecule has 2 aromatic carbocycles. The van der Waals surface area contributed by atoms with Gasteiger partial charge in [0.1, 0.15) is 23.7 Å². The van der Waals surface area contributed by atoms with Gasteiger partial charge in [-0.25, -0.2) is 9.07 Å². The number of halogens is 1. The fraction of sp³-hybridized carbons (Fsp3) is 0.558. The molecule has 13 heteroatoms. The second kappa shape index (κ2) is 21.2. The van der Waals surface area contributed by atoms with Gasteiger partial charge in [0.15, 0.2) is 5.78 Å². The highest BCUT2D eigenvalue weighted by Crippen LogP contribution is 2.51. The Bertz CT molecular complexity index is 1690. The van der Waals surface area contributed by atoms with E-state index in [9.17, 15) is 23.6 Å². The molecular weight excluding hydrogens is 714 g/mol. The minimum atomic E-state index is -0.614. The Morgan fingerprint density at radius 3 is 2.25 bits per heavy atom. The minimum absolute atomic E-state index is 0.0631. The van der Waals surface area contributed by atoms with Crippen molar-refractivity contribution in [2.24, 2.45) is 23.0 Å². The molecule has 1 aromatic heterocycles. The summed E-state index contributed by atoms with van der Waals surface area (Å²) in [6, 6.07) is 14.5. The Balaban J connectivity index is 0.000000225. The summed E-state index contributed by atoms with van der Waals surface area (Å²) in [5, 5.41) is 10.5. The molecule has 1 amide bonds. The van der Waals surface area contributed by atoms with E-state index in [0.717, 1.165) is 67.6 Å². The van der Waals surface area contributed by atoms with Gasteiger partial charge in [-0.3, -0.25) is 24.2 Å². The number of rotatable bonds is 11. The number of benzene rings is 2. The zero-order chi connectivity index (χ0) is 41.6. The van der Waals surface area contributed by atoms with Crippen LogP contribution >= 0.6 is 0 Å². The number of likely N-dealkylation sites (N-methyl/N-ethyl adjacent to an activating group) is 1. The van der Waals surface area contributed by atoms with Gasteiger partial charge in [-0.1, -0.05) is 60.1 Å². The first-order valence-electron chi connectivity index (χ1n) is 19.8. The maximum Gasteiger partial charge on any atom is 0.293 e. The Kier molecular flexibility index (Phi) is 17.4. The predicted molar refractivity (Wildman–Crippen MR) is 218 cm³/mol. The van der Waals surface area contributed by atoms with Crippen LogP contribution in [0.4, 0.5) is 10.1 Å². The first-order valence-corrected chi connectivity index (χ1v) is 19.8. The summed E-state index contributed by atoms with van der Waals surface area (Å²) >= 11 is 0. The lowest BCUT2D eigenvalue weighted by Gasteiger charge is -2.27. The van der Waals surface area contributed by atoms with Crippen LogP contribution in [-0.4, -0.2) is 95.4 Å². The van der Waals surface area contributed by atoms with E-state index in [0.29, 0.717) is 19.4 Å². The van der Waals surface area contributed by atoms with Gasteiger partial charge >= 0.3 is 0 Å². The van der Waals surface area contributed by atoms with Gasteiger partial charge in [-0.05, 0) is 93.7 Å². The van der Waals surface area contributed by atoms with Crippen LogP contribution in [-0.2, 0) is 37.0 Å². The summed E-state index contributed by atoms with van der Waals surface area (Å²) in [5.74, 6) is 0.493. The van der Waals surface area contributed by atoms with Crippen LogP contribution in [0.1, 0.15) is 84.8 Å². The van der Waals surface area contributed by atoms with Crippen LogP contribution in [0.3, 0.4) is 0 Å². The minimum Gasteiger partial charge on any atom is -0.463 e. The molecule has 2 aliphatic carbocycles. The van der Waals surface area contributed by atoms with Gasteiger partial charge < -0.3 is 25.9 Å². The monoisotopic (exact) mass is 777 g/mol. The van der Waals surface area contributed by atoms with Crippen molar-refractivity contribution in [3.8, 4) is 5.69 Å². The van der Waals surface area contributed by atoms with Gasteiger partial charge in [0.05, 0.1) is 17.8 Å². The van der Waals surface area contributed by atoms with Crippen LogP contribution < -0.4 is 16.4 Å². The first kappa shape index (κ1) is 45.9. The number of aromatic nitrogens is 2. The normalized spacial score (nSPS) is 22.7. The molecule has 56 heavy (non-hydrogen) atoms. The number of nitrogens with zero attached hydrogens (tertiary/aromatic N) is 4. The van der Waals surface area contributed by atoms with E-state index in [2.05, 4.69) is 33.3 Å². The molecule has 2 saturated carbocycles. The Morgan fingerprint density at radius 1 is 1.05 bits per heavy atom. The van der Waals surface area contributed by atoms with Crippen molar-refractivity contribution in [3.05, 3.63) is 77.9 Å². The number of anilines is 1. The van der Waals surface area contributed by atoms with E-state index >= 15 is 0 Å². The molecule has 3 aromatic rings. The summed E-state index contributed by atoms with van der Waals surface area (Å²) in [5.41, 5.74) is 7.71.